The molecular weight excluding hydrogens is 282 g/mol. The molecule has 1 aromatic carbocycles. The summed E-state index contributed by atoms with van der Waals surface area (Å²) in [5.74, 6) is 0.0608. The van der Waals surface area contributed by atoms with Crippen LogP contribution in [-0.4, -0.2) is 31.4 Å². The first-order chi connectivity index (χ1) is 9.99. The van der Waals surface area contributed by atoms with Crippen molar-refractivity contribution >= 4 is 28.6 Å². The Hall–Kier alpha value is -1.85. The second-order valence-electron chi connectivity index (χ2n) is 5.15. The monoisotopic (exact) mass is 303 g/mol. The first-order valence-corrected chi connectivity index (χ1v) is 7.72. The van der Waals surface area contributed by atoms with Gasteiger partial charge in [-0.05, 0) is 49.7 Å². The summed E-state index contributed by atoms with van der Waals surface area (Å²) in [5.41, 5.74) is 7.22. The van der Waals surface area contributed by atoms with Crippen LogP contribution in [0.3, 0.4) is 0 Å². The predicted molar refractivity (Wildman–Crippen MR) is 89.6 cm³/mol. The largest absolute Gasteiger partial charge is 0.399 e. The fourth-order valence-corrected chi connectivity index (χ4v) is 2.89. The van der Waals surface area contributed by atoms with Gasteiger partial charge in [0.2, 0.25) is 5.91 Å². The maximum atomic E-state index is 12.4. The van der Waals surface area contributed by atoms with Gasteiger partial charge in [0.15, 0.2) is 0 Å². The standard InChI is InChI=1S/C16H21N3OS/c1-12(15-5-4-10-21-15)18(2)11-16(20)19(3)14-8-6-13(17)7-9-14/h4-10,12H,11,17H2,1-3H3. The molecule has 2 rings (SSSR count). The highest BCUT2D eigenvalue weighted by Gasteiger charge is 2.18. The van der Waals surface area contributed by atoms with Crippen LogP contribution in [0.25, 0.3) is 0 Å². The molecule has 0 aliphatic rings. The van der Waals surface area contributed by atoms with Crippen LogP contribution in [-0.2, 0) is 4.79 Å². The van der Waals surface area contributed by atoms with Crippen LogP contribution in [0.2, 0.25) is 0 Å². The number of carbonyl (C=O) groups excluding carboxylic acids is 1. The normalized spacial score (nSPS) is 12.4. The minimum Gasteiger partial charge on any atom is -0.399 e. The Labute approximate surface area is 129 Å². The molecule has 0 aliphatic carbocycles. The second kappa shape index (κ2) is 6.74. The molecule has 0 bridgehead atoms. The molecule has 1 unspecified atom stereocenters. The van der Waals surface area contributed by atoms with Crippen molar-refractivity contribution in [2.24, 2.45) is 0 Å². The SMILES string of the molecule is CC(c1cccs1)N(C)CC(=O)N(C)c1ccc(N)cc1. The quantitative estimate of drug-likeness (QED) is 0.864. The zero-order valence-corrected chi connectivity index (χ0v) is 13.4. The highest BCUT2D eigenvalue weighted by atomic mass is 32.1. The number of thiophene rings is 1. The molecule has 0 spiro atoms. The van der Waals surface area contributed by atoms with E-state index >= 15 is 0 Å². The zero-order valence-electron chi connectivity index (χ0n) is 12.6. The summed E-state index contributed by atoms with van der Waals surface area (Å²) in [7, 11) is 3.76. The van der Waals surface area contributed by atoms with Crippen LogP contribution >= 0.6 is 11.3 Å². The molecule has 1 heterocycles. The molecule has 1 aromatic heterocycles. The number of nitrogens with two attached hydrogens (primary N) is 1. The predicted octanol–water partition coefficient (Wildman–Crippen LogP) is 2.99. The Morgan fingerprint density at radius 2 is 1.90 bits per heavy atom. The summed E-state index contributed by atoms with van der Waals surface area (Å²) in [6.07, 6.45) is 0. The van der Waals surface area contributed by atoms with Crippen molar-refractivity contribution in [1.29, 1.82) is 0 Å². The van der Waals surface area contributed by atoms with Gasteiger partial charge in [0.25, 0.3) is 0 Å². The summed E-state index contributed by atoms with van der Waals surface area (Å²) in [5, 5.41) is 2.06. The van der Waals surface area contributed by atoms with Crippen molar-refractivity contribution in [3.8, 4) is 0 Å². The molecule has 112 valence electrons. The van der Waals surface area contributed by atoms with Gasteiger partial charge in [-0.2, -0.15) is 0 Å². The number of hydrogen-bond acceptors (Lipinski definition) is 4. The number of likely N-dealkylation sites (N-methyl/N-ethyl adjacent to an activating group) is 2. The number of hydrogen-bond donors (Lipinski definition) is 1. The van der Waals surface area contributed by atoms with E-state index in [9.17, 15) is 4.79 Å². The number of nitrogens with zero attached hydrogens (tertiary/aromatic N) is 2. The number of anilines is 2. The van der Waals surface area contributed by atoms with Gasteiger partial charge in [-0.1, -0.05) is 6.07 Å². The van der Waals surface area contributed by atoms with Gasteiger partial charge in [0.1, 0.15) is 0 Å². The third-order valence-electron chi connectivity index (χ3n) is 3.66. The summed E-state index contributed by atoms with van der Waals surface area (Å²) < 4.78 is 0. The van der Waals surface area contributed by atoms with E-state index in [1.165, 1.54) is 4.88 Å². The van der Waals surface area contributed by atoms with Crippen molar-refractivity contribution in [3.63, 3.8) is 0 Å². The average molecular weight is 303 g/mol. The third-order valence-corrected chi connectivity index (χ3v) is 4.70. The lowest BCUT2D eigenvalue weighted by Crippen LogP contribution is -2.37. The van der Waals surface area contributed by atoms with Gasteiger partial charge < -0.3 is 10.6 Å². The number of amides is 1. The number of carbonyl (C=O) groups is 1. The lowest BCUT2D eigenvalue weighted by molar-refractivity contribution is -0.119. The lowest BCUT2D eigenvalue weighted by Gasteiger charge is -2.26. The van der Waals surface area contributed by atoms with E-state index in [0.29, 0.717) is 12.2 Å². The number of rotatable bonds is 5. The maximum Gasteiger partial charge on any atom is 0.240 e. The topological polar surface area (TPSA) is 49.6 Å². The molecule has 4 nitrogen and oxygen atoms in total. The summed E-state index contributed by atoms with van der Waals surface area (Å²) in [6, 6.07) is 11.7. The van der Waals surface area contributed by atoms with Crippen LogP contribution in [0, 0.1) is 0 Å². The van der Waals surface area contributed by atoms with E-state index in [1.54, 1.807) is 35.4 Å². The molecule has 0 aliphatic heterocycles. The fraction of sp³-hybridized carbons (Fsp3) is 0.312. The Kier molecular flexibility index (Phi) is 4.98. The molecule has 2 aromatic rings. The van der Waals surface area contributed by atoms with E-state index in [2.05, 4.69) is 23.3 Å². The van der Waals surface area contributed by atoms with E-state index in [1.807, 2.05) is 25.2 Å². The lowest BCUT2D eigenvalue weighted by atomic mass is 10.2. The Morgan fingerprint density at radius 3 is 2.48 bits per heavy atom. The molecule has 0 saturated heterocycles. The molecule has 1 amide bonds. The minimum absolute atomic E-state index is 0.0608. The summed E-state index contributed by atoms with van der Waals surface area (Å²) in [6.45, 7) is 2.49. The van der Waals surface area contributed by atoms with E-state index < -0.39 is 0 Å². The van der Waals surface area contributed by atoms with E-state index in [0.717, 1.165) is 5.69 Å². The second-order valence-corrected chi connectivity index (χ2v) is 6.13. The maximum absolute atomic E-state index is 12.4. The first-order valence-electron chi connectivity index (χ1n) is 6.84. The van der Waals surface area contributed by atoms with E-state index in [-0.39, 0.29) is 11.9 Å². The molecule has 5 heteroatoms. The van der Waals surface area contributed by atoms with Crippen molar-refractivity contribution in [1.82, 2.24) is 4.90 Å². The van der Waals surface area contributed by atoms with Crippen LogP contribution in [0.5, 0.6) is 0 Å². The van der Waals surface area contributed by atoms with Gasteiger partial charge in [-0.3, -0.25) is 9.69 Å². The zero-order chi connectivity index (χ0) is 15.4. The number of benzene rings is 1. The Bertz CT molecular complexity index is 580. The Morgan fingerprint density at radius 1 is 1.24 bits per heavy atom. The fourth-order valence-electron chi connectivity index (χ4n) is 2.04. The van der Waals surface area contributed by atoms with Gasteiger partial charge in [0, 0.05) is 29.3 Å². The number of nitrogen functional groups attached to an aromatic ring is 1. The molecule has 0 radical (unpaired) electrons. The molecule has 2 N–H and O–H groups in total. The van der Waals surface area contributed by atoms with Crippen molar-refractivity contribution in [3.05, 3.63) is 46.7 Å². The third kappa shape index (κ3) is 3.83. The van der Waals surface area contributed by atoms with Crippen molar-refractivity contribution < 1.29 is 4.79 Å². The summed E-state index contributed by atoms with van der Waals surface area (Å²) >= 11 is 1.71. The van der Waals surface area contributed by atoms with Crippen LogP contribution in [0.15, 0.2) is 41.8 Å². The smallest absolute Gasteiger partial charge is 0.240 e. The first kappa shape index (κ1) is 15.5. The average Bonchev–Trinajstić information content (AvgIpc) is 3.00. The molecule has 21 heavy (non-hydrogen) atoms. The summed E-state index contributed by atoms with van der Waals surface area (Å²) in [4.78, 5) is 17.4. The molecule has 0 fully saturated rings. The Balaban J connectivity index is 1.98. The highest BCUT2D eigenvalue weighted by Crippen LogP contribution is 2.23. The minimum atomic E-state index is 0.0608. The highest BCUT2D eigenvalue weighted by molar-refractivity contribution is 7.10. The van der Waals surface area contributed by atoms with Gasteiger partial charge in [-0.15, -0.1) is 11.3 Å². The van der Waals surface area contributed by atoms with E-state index in [4.69, 9.17) is 5.73 Å². The molecular formula is C16H21N3OS. The van der Waals surface area contributed by atoms with Crippen LogP contribution in [0.4, 0.5) is 11.4 Å². The molecule has 1 atom stereocenters. The molecule has 0 saturated carbocycles. The van der Waals surface area contributed by atoms with Gasteiger partial charge in [0.05, 0.1) is 6.54 Å². The van der Waals surface area contributed by atoms with Crippen molar-refractivity contribution in [2.75, 3.05) is 31.3 Å². The van der Waals surface area contributed by atoms with Gasteiger partial charge >= 0.3 is 0 Å². The van der Waals surface area contributed by atoms with Crippen LogP contribution in [0.1, 0.15) is 17.8 Å². The van der Waals surface area contributed by atoms with Crippen molar-refractivity contribution in [2.45, 2.75) is 13.0 Å². The van der Waals surface area contributed by atoms with Crippen LogP contribution < -0.4 is 10.6 Å². The van der Waals surface area contributed by atoms with Gasteiger partial charge in [-0.25, -0.2) is 0 Å².